The number of aliphatic imine (C=N–C) groups is 1. The molecule has 0 aliphatic carbocycles. The van der Waals surface area contributed by atoms with Crippen molar-refractivity contribution in [3.8, 4) is 5.69 Å². The zero-order chi connectivity index (χ0) is 18.7. The van der Waals surface area contributed by atoms with Gasteiger partial charge in [0.25, 0.3) is 5.97 Å². The van der Waals surface area contributed by atoms with Crippen molar-refractivity contribution >= 4 is 11.7 Å². The van der Waals surface area contributed by atoms with E-state index in [1.54, 1.807) is 23.0 Å². The number of hydrogen-bond acceptors (Lipinski definition) is 4. The maximum absolute atomic E-state index is 13.8. The number of carboxylic acid groups (broad SMARTS) is 1. The number of fused-ring (bicyclic) bond motifs is 3. The number of carbonyl (C=O) groups is 1. The average molecular weight is 353 g/mol. The molecule has 2 N–H and O–H groups in total. The molecule has 0 saturated carbocycles. The van der Waals surface area contributed by atoms with Crippen LogP contribution >= 0.6 is 0 Å². The van der Waals surface area contributed by atoms with Crippen molar-refractivity contribution in [2.75, 3.05) is 0 Å². The second-order valence-corrected chi connectivity index (χ2v) is 5.55. The fourth-order valence-electron chi connectivity index (χ4n) is 2.69. The van der Waals surface area contributed by atoms with E-state index in [9.17, 15) is 9.50 Å². The van der Waals surface area contributed by atoms with E-state index in [0.717, 1.165) is 18.2 Å². The lowest BCUT2D eigenvalue weighted by molar-refractivity contribution is -0.134. The number of aromatic nitrogens is 2. The normalized spacial score (nSPS) is 14.9. The summed E-state index contributed by atoms with van der Waals surface area (Å²) in [5.41, 5.74) is 2.74. The Morgan fingerprint density at radius 2 is 1.88 bits per heavy atom. The van der Waals surface area contributed by atoms with Gasteiger partial charge in [0.05, 0.1) is 11.4 Å². The van der Waals surface area contributed by atoms with Crippen LogP contribution in [-0.4, -0.2) is 31.4 Å². The molecule has 1 aliphatic heterocycles. The van der Waals surface area contributed by atoms with Crippen LogP contribution in [0.3, 0.4) is 0 Å². The third-order valence-electron chi connectivity index (χ3n) is 3.67. The standard InChI is InChI=1S/C17H12FN3O.C2H4O2/c18-12-6-7-14-13(10-12)15(11-4-2-1-3-5-11)20-17(22)16-19-8-9-21(14)16;1-2(3)4/h1-10,17,22H;1H3,(H,3,4). The topological polar surface area (TPSA) is 87.7 Å². The Bertz CT molecular complexity index is 963. The number of halogens is 1. The molecule has 0 spiro atoms. The molecule has 2 heterocycles. The molecule has 1 aliphatic rings. The summed E-state index contributed by atoms with van der Waals surface area (Å²) in [5, 5.41) is 17.8. The predicted octanol–water partition coefficient (Wildman–Crippen LogP) is 2.94. The number of hydrogen-bond donors (Lipinski definition) is 2. The Labute approximate surface area is 148 Å². The molecular weight excluding hydrogens is 337 g/mol. The number of carboxylic acids is 1. The molecule has 0 bridgehead atoms. The maximum atomic E-state index is 13.8. The fraction of sp³-hybridized carbons (Fsp3) is 0.105. The molecule has 2 aromatic carbocycles. The lowest BCUT2D eigenvalue weighted by atomic mass is 10.0. The minimum absolute atomic E-state index is 0.347. The highest BCUT2D eigenvalue weighted by Gasteiger charge is 2.24. The van der Waals surface area contributed by atoms with Crippen molar-refractivity contribution in [2.45, 2.75) is 13.2 Å². The van der Waals surface area contributed by atoms with Gasteiger partial charge in [-0.1, -0.05) is 30.3 Å². The second kappa shape index (κ2) is 7.28. The minimum Gasteiger partial charge on any atom is -0.481 e. The smallest absolute Gasteiger partial charge is 0.300 e. The van der Waals surface area contributed by atoms with Gasteiger partial charge < -0.3 is 10.2 Å². The van der Waals surface area contributed by atoms with E-state index >= 15 is 0 Å². The van der Waals surface area contributed by atoms with Gasteiger partial charge in [-0.25, -0.2) is 14.4 Å². The Kier molecular flexibility index (Phi) is 4.90. The van der Waals surface area contributed by atoms with Gasteiger partial charge in [0.2, 0.25) is 6.23 Å². The third-order valence-corrected chi connectivity index (χ3v) is 3.67. The Balaban J connectivity index is 0.000000447. The molecule has 6 nitrogen and oxygen atoms in total. The van der Waals surface area contributed by atoms with Gasteiger partial charge >= 0.3 is 0 Å². The molecule has 0 radical (unpaired) electrons. The fourth-order valence-corrected chi connectivity index (χ4v) is 2.69. The summed E-state index contributed by atoms with van der Waals surface area (Å²) in [6, 6.07) is 13.9. The SMILES string of the molecule is CC(=O)O.OC1N=C(c2ccccc2)c2cc(F)ccc2-n2ccnc21. The summed E-state index contributed by atoms with van der Waals surface area (Å²) in [6.45, 7) is 1.08. The molecule has 0 fully saturated rings. The molecule has 7 heteroatoms. The number of nitrogens with zero attached hydrogens (tertiary/aromatic N) is 3. The quantitative estimate of drug-likeness (QED) is 0.704. The van der Waals surface area contributed by atoms with Crippen LogP contribution in [0.5, 0.6) is 0 Å². The van der Waals surface area contributed by atoms with Crippen LogP contribution in [0.15, 0.2) is 65.9 Å². The Morgan fingerprint density at radius 3 is 2.58 bits per heavy atom. The van der Waals surface area contributed by atoms with Crippen LogP contribution in [-0.2, 0) is 4.79 Å². The van der Waals surface area contributed by atoms with E-state index in [1.165, 1.54) is 12.1 Å². The van der Waals surface area contributed by atoms with Crippen molar-refractivity contribution < 1.29 is 19.4 Å². The highest BCUT2D eigenvalue weighted by molar-refractivity contribution is 6.15. The first-order chi connectivity index (χ1) is 12.5. The molecule has 1 atom stereocenters. The van der Waals surface area contributed by atoms with Crippen LogP contribution < -0.4 is 0 Å². The molecule has 0 saturated heterocycles. The van der Waals surface area contributed by atoms with Crippen molar-refractivity contribution in [3.63, 3.8) is 0 Å². The average Bonchev–Trinajstić information content (AvgIpc) is 3.05. The van der Waals surface area contributed by atoms with Gasteiger partial charge in [-0.15, -0.1) is 0 Å². The molecule has 132 valence electrons. The van der Waals surface area contributed by atoms with Gasteiger partial charge in [-0.3, -0.25) is 9.36 Å². The molecular formula is C19H16FN3O3. The molecule has 3 aromatic rings. The number of imidazole rings is 1. The zero-order valence-corrected chi connectivity index (χ0v) is 13.9. The number of aliphatic hydroxyl groups is 1. The van der Waals surface area contributed by atoms with Crippen LogP contribution in [0.25, 0.3) is 5.69 Å². The largest absolute Gasteiger partial charge is 0.481 e. The Morgan fingerprint density at radius 1 is 1.19 bits per heavy atom. The first-order valence-electron chi connectivity index (χ1n) is 7.81. The lowest BCUT2D eigenvalue weighted by Gasteiger charge is -2.11. The van der Waals surface area contributed by atoms with E-state index in [2.05, 4.69) is 9.98 Å². The maximum Gasteiger partial charge on any atom is 0.300 e. The number of rotatable bonds is 1. The van der Waals surface area contributed by atoms with E-state index < -0.39 is 12.2 Å². The molecule has 26 heavy (non-hydrogen) atoms. The summed E-state index contributed by atoms with van der Waals surface area (Å²) in [4.78, 5) is 17.5. The van der Waals surface area contributed by atoms with Gasteiger partial charge in [-0.05, 0) is 18.2 Å². The van der Waals surface area contributed by atoms with E-state index in [-0.39, 0.29) is 5.82 Å². The highest BCUT2D eigenvalue weighted by atomic mass is 19.1. The molecule has 1 aromatic heterocycles. The summed E-state index contributed by atoms with van der Waals surface area (Å²) in [6.07, 6.45) is 2.23. The van der Waals surface area contributed by atoms with Crippen LogP contribution in [0.2, 0.25) is 0 Å². The summed E-state index contributed by atoms with van der Waals surface area (Å²) in [5.74, 6) is -0.765. The van der Waals surface area contributed by atoms with Crippen LogP contribution in [0.1, 0.15) is 30.1 Å². The summed E-state index contributed by atoms with van der Waals surface area (Å²) in [7, 11) is 0. The van der Waals surface area contributed by atoms with Crippen molar-refractivity contribution in [1.29, 1.82) is 0 Å². The zero-order valence-electron chi connectivity index (χ0n) is 13.9. The highest BCUT2D eigenvalue weighted by Crippen LogP contribution is 2.29. The van der Waals surface area contributed by atoms with Crippen LogP contribution in [0.4, 0.5) is 4.39 Å². The number of aliphatic hydroxyl groups excluding tert-OH is 1. The van der Waals surface area contributed by atoms with Gasteiger partial charge in [0.1, 0.15) is 5.82 Å². The Hall–Kier alpha value is -3.32. The van der Waals surface area contributed by atoms with E-state index in [4.69, 9.17) is 9.90 Å². The minimum atomic E-state index is -1.10. The van der Waals surface area contributed by atoms with Crippen LogP contribution in [0, 0.1) is 5.82 Å². The summed E-state index contributed by atoms with van der Waals surface area (Å²) < 4.78 is 15.5. The van der Waals surface area contributed by atoms with Gasteiger partial charge in [0.15, 0.2) is 5.82 Å². The molecule has 4 rings (SSSR count). The second-order valence-electron chi connectivity index (χ2n) is 5.55. The van der Waals surface area contributed by atoms with Crippen molar-refractivity contribution in [2.24, 2.45) is 4.99 Å². The van der Waals surface area contributed by atoms with Crippen molar-refractivity contribution in [1.82, 2.24) is 9.55 Å². The summed E-state index contributed by atoms with van der Waals surface area (Å²) >= 11 is 0. The van der Waals surface area contributed by atoms with Gasteiger partial charge in [0, 0.05) is 30.4 Å². The number of aliphatic carboxylic acids is 1. The predicted molar refractivity (Wildman–Crippen MR) is 93.9 cm³/mol. The van der Waals surface area contributed by atoms with Gasteiger partial charge in [-0.2, -0.15) is 0 Å². The molecule has 0 amide bonds. The molecule has 1 unspecified atom stereocenters. The number of benzene rings is 2. The van der Waals surface area contributed by atoms with Crippen molar-refractivity contribution in [3.05, 3.63) is 83.7 Å². The lowest BCUT2D eigenvalue weighted by Crippen LogP contribution is -2.07. The first kappa shape index (κ1) is 17.5. The first-order valence-corrected chi connectivity index (χ1v) is 7.81. The van der Waals surface area contributed by atoms with E-state index in [1.807, 2.05) is 30.3 Å². The monoisotopic (exact) mass is 353 g/mol. The third kappa shape index (κ3) is 3.52. The van der Waals surface area contributed by atoms with E-state index in [0.29, 0.717) is 17.1 Å².